The van der Waals surface area contributed by atoms with Crippen LogP contribution in [-0.2, 0) is 9.47 Å². The molecule has 4 nitrogen and oxygen atoms in total. The van der Waals surface area contributed by atoms with Crippen molar-refractivity contribution in [2.75, 3.05) is 14.2 Å². The standard InChI is InChI=1S/C10H8Cl2O4/c1-15-9(13)5-3-8(12)6(4-7(5)11)10(14)16-2/h3-4H,1-2H3. The molecule has 0 aliphatic carbocycles. The molecule has 1 aromatic rings. The number of hydrogen-bond acceptors (Lipinski definition) is 4. The molecule has 0 radical (unpaired) electrons. The number of carbonyl (C=O) groups is 2. The van der Waals surface area contributed by atoms with Crippen molar-refractivity contribution in [2.24, 2.45) is 0 Å². The number of ether oxygens (including phenoxy) is 2. The summed E-state index contributed by atoms with van der Waals surface area (Å²) in [5.41, 5.74) is 0.198. The van der Waals surface area contributed by atoms with Crippen LogP contribution < -0.4 is 0 Å². The van der Waals surface area contributed by atoms with Crippen molar-refractivity contribution >= 4 is 35.1 Å². The van der Waals surface area contributed by atoms with Gasteiger partial charge in [0.1, 0.15) is 0 Å². The number of hydrogen-bond donors (Lipinski definition) is 0. The molecule has 0 fully saturated rings. The van der Waals surface area contributed by atoms with Crippen LogP contribution in [0.3, 0.4) is 0 Å². The van der Waals surface area contributed by atoms with Gasteiger partial charge in [0, 0.05) is 0 Å². The third-order valence-corrected chi connectivity index (χ3v) is 2.49. The molecular weight excluding hydrogens is 255 g/mol. The van der Waals surface area contributed by atoms with E-state index in [-0.39, 0.29) is 21.2 Å². The molecule has 0 aromatic heterocycles. The van der Waals surface area contributed by atoms with Gasteiger partial charge in [-0.3, -0.25) is 0 Å². The first-order chi connectivity index (χ1) is 7.51. The molecule has 0 bridgehead atoms. The van der Waals surface area contributed by atoms with E-state index >= 15 is 0 Å². The zero-order valence-electron chi connectivity index (χ0n) is 8.54. The van der Waals surface area contributed by atoms with Crippen molar-refractivity contribution in [3.8, 4) is 0 Å². The van der Waals surface area contributed by atoms with Crippen molar-refractivity contribution in [3.05, 3.63) is 33.3 Å². The summed E-state index contributed by atoms with van der Waals surface area (Å²) in [5, 5.41) is 0.160. The maximum Gasteiger partial charge on any atom is 0.339 e. The second kappa shape index (κ2) is 5.18. The molecule has 0 saturated carbocycles. The number of esters is 2. The lowest BCUT2D eigenvalue weighted by Gasteiger charge is -2.06. The monoisotopic (exact) mass is 262 g/mol. The molecule has 0 aliphatic rings. The highest BCUT2D eigenvalue weighted by Gasteiger charge is 2.18. The number of rotatable bonds is 2. The van der Waals surface area contributed by atoms with Gasteiger partial charge in [0.25, 0.3) is 0 Å². The number of carbonyl (C=O) groups excluding carboxylic acids is 2. The Bertz CT molecular complexity index is 401. The van der Waals surface area contributed by atoms with Crippen molar-refractivity contribution < 1.29 is 19.1 Å². The van der Waals surface area contributed by atoms with Crippen LogP contribution >= 0.6 is 23.2 Å². The van der Waals surface area contributed by atoms with Gasteiger partial charge in [-0.2, -0.15) is 0 Å². The molecule has 86 valence electrons. The zero-order chi connectivity index (χ0) is 12.3. The Labute approximate surface area is 102 Å². The summed E-state index contributed by atoms with van der Waals surface area (Å²) < 4.78 is 9.00. The molecule has 0 amide bonds. The van der Waals surface area contributed by atoms with Crippen molar-refractivity contribution in [2.45, 2.75) is 0 Å². The number of methoxy groups -OCH3 is 2. The highest BCUT2D eigenvalue weighted by atomic mass is 35.5. The third-order valence-electron chi connectivity index (χ3n) is 1.87. The first-order valence-electron chi connectivity index (χ1n) is 4.17. The summed E-state index contributed by atoms with van der Waals surface area (Å²) in [6, 6.07) is 2.53. The summed E-state index contributed by atoms with van der Waals surface area (Å²) in [5.74, 6) is -1.24. The Morgan fingerprint density at radius 1 is 0.938 bits per heavy atom. The van der Waals surface area contributed by atoms with Gasteiger partial charge in [0.2, 0.25) is 0 Å². The molecule has 0 unspecified atom stereocenters. The molecule has 6 heteroatoms. The molecule has 0 aliphatic heterocycles. The minimum atomic E-state index is -0.622. The van der Waals surface area contributed by atoms with Gasteiger partial charge in [-0.05, 0) is 12.1 Å². The maximum absolute atomic E-state index is 11.3. The Morgan fingerprint density at radius 2 is 1.25 bits per heavy atom. The third kappa shape index (κ3) is 2.46. The van der Waals surface area contributed by atoms with Crippen LogP contribution in [0.1, 0.15) is 20.7 Å². The molecule has 1 rings (SSSR count). The highest BCUT2D eigenvalue weighted by molar-refractivity contribution is 6.37. The average molecular weight is 263 g/mol. The van der Waals surface area contributed by atoms with E-state index in [4.69, 9.17) is 23.2 Å². The Balaban J connectivity index is 3.27. The SMILES string of the molecule is COC(=O)c1cc(Cl)c(C(=O)OC)cc1Cl. The van der Waals surface area contributed by atoms with E-state index in [9.17, 15) is 9.59 Å². The largest absolute Gasteiger partial charge is 0.465 e. The predicted molar refractivity (Wildman–Crippen MR) is 59.1 cm³/mol. The number of halogens is 2. The summed E-state index contributed by atoms with van der Waals surface area (Å²) in [7, 11) is 2.45. The predicted octanol–water partition coefficient (Wildman–Crippen LogP) is 2.57. The summed E-state index contributed by atoms with van der Waals surface area (Å²) in [6.07, 6.45) is 0. The fraction of sp³-hybridized carbons (Fsp3) is 0.200. The van der Waals surface area contributed by atoms with Crippen LogP contribution in [0.5, 0.6) is 0 Å². The van der Waals surface area contributed by atoms with E-state index in [1.807, 2.05) is 0 Å². The van der Waals surface area contributed by atoms with E-state index in [0.717, 1.165) is 0 Å². The lowest BCUT2D eigenvalue weighted by Crippen LogP contribution is -2.06. The van der Waals surface area contributed by atoms with Crippen molar-refractivity contribution in [1.29, 1.82) is 0 Å². The van der Waals surface area contributed by atoms with Gasteiger partial charge in [0.05, 0.1) is 35.4 Å². The quantitative estimate of drug-likeness (QED) is 0.769. The molecule has 16 heavy (non-hydrogen) atoms. The molecular formula is C10H8Cl2O4. The molecule has 0 N–H and O–H groups in total. The van der Waals surface area contributed by atoms with E-state index < -0.39 is 11.9 Å². The highest BCUT2D eigenvalue weighted by Crippen LogP contribution is 2.26. The van der Waals surface area contributed by atoms with E-state index in [1.54, 1.807) is 0 Å². The second-order valence-corrected chi connectivity index (χ2v) is 3.61. The zero-order valence-corrected chi connectivity index (χ0v) is 10.1. The minimum absolute atomic E-state index is 0.0802. The average Bonchev–Trinajstić information content (AvgIpc) is 2.29. The van der Waals surface area contributed by atoms with Gasteiger partial charge >= 0.3 is 11.9 Å². The normalized spacial score (nSPS) is 9.75. The van der Waals surface area contributed by atoms with Crippen LogP contribution in [0, 0.1) is 0 Å². The molecule has 0 spiro atoms. The first-order valence-corrected chi connectivity index (χ1v) is 4.92. The van der Waals surface area contributed by atoms with Gasteiger partial charge in [0.15, 0.2) is 0 Å². The summed E-state index contributed by atoms with van der Waals surface area (Å²) in [4.78, 5) is 22.5. The summed E-state index contributed by atoms with van der Waals surface area (Å²) >= 11 is 11.6. The Hall–Kier alpha value is -1.26. The fourth-order valence-corrected chi connectivity index (χ4v) is 1.56. The van der Waals surface area contributed by atoms with Crippen LogP contribution in [0.15, 0.2) is 12.1 Å². The van der Waals surface area contributed by atoms with E-state index in [2.05, 4.69) is 9.47 Å². The maximum atomic E-state index is 11.3. The molecule has 0 saturated heterocycles. The van der Waals surface area contributed by atoms with Crippen LogP contribution in [-0.4, -0.2) is 26.2 Å². The lowest BCUT2D eigenvalue weighted by molar-refractivity contribution is 0.0587. The molecule has 1 aromatic carbocycles. The lowest BCUT2D eigenvalue weighted by atomic mass is 10.1. The van der Waals surface area contributed by atoms with Crippen molar-refractivity contribution in [1.82, 2.24) is 0 Å². The van der Waals surface area contributed by atoms with Gasteiger partial charge in [-0.1, -0.05) is 23.2 Å². The Kier molecular flexibility index (Phi) is 4.15. The van der Waals surface area contributed by atoms with Gasteiger partial charge in [-0.15, -0.1) is 0 Å². The van der Waals surface area contributed by atoms with Crippen LogP contribution in [0.4, 0.5) is 0 Å². The van der Waals surface area contributed by atoms with E-state index in [1.165, 1.54) is 26.4 Å². The van der Waals surface area contributed by atoms with Crippen LogP contribution in [0.25, 0.3) is 0 Å². The van der Waals surface area contributed by atoms with Crippen molar-refractivity contribution in [3.63, 3.8) is 0 Å². The first kappa shape index (κ1) is 12.8. The molecule has 0 heterocycles. The smallest absolute Gasteiger partial charge is 0.339 e. The summed E-state index contributed by atoms with van der Waals surface area (Å²) in [6.45, 7) is 0. The van der Waals surface area contributed by atoms with Crippen LogP contribution in [0.2, 0.25) is 10.0 Å². The van der Waals surface area contributed by atoms with Gasteiger partial charge < -0.3 is 9.47 Å². The fourth-order valence-electron chi connectivity index (χ4n) is 1.08. The van der Waals surface area contributed by atoms with E-state index in [0.29, 0.717) is 0 Å². The molecule has 0 atom stereocenters. The topological polar surface area (TPSA) is 52.6 Å². The minimum Gasteiger partial charge on any atom is -0.465 e. The van der Waals surface area contributed by atoms with Gasteiger partial charge in [-0.25, -0.2) is 9.59 Å². The Morgan fingerprint density at radius 3 is 1.50 bits per heavy atom. The number of benzene rings is 1. The second-order valence-electron chi connectivity index (χ2n) is 2.80.